The van der Waals surface area contributed by atoms with Gasteiger partial charge in [0.25, 0.3) is 0 Å². The van der Waals surface area contributed by atoms with Crippen molar-refractivity contribution < 1.29 is 29.3 Å². The van der Waals surface area contributed by atoms with Crippen LogP contribution in [0.15, 0.2) is 66.7 Å². The van der Waals surface area contributed by atoms with E-state index in [9.17, 15) is 29.3 Å². The van der Waals surface area contributed by atoms with E-state index in [0.717, 1.165) is 13.1 Å². The molecule has 1 saturated heterocycles. The zero-order chi connectivity index (χ0) is 29.7. The first-order valence-corrected chi connectivity index (χ1v) is 14.2. The van der Waals surface area contributed by atoms with Crippen LogP contribution in [0.25, 0.3) is 0 Å². The summed E-state index contributed by atoms with van der Waals surface area (Å²) in [5, 5.41) is 30.5. The highest BCUT2D eigenvalue weighted by Gasteiger charge is 2.46. The molecule has 0 radical (unpaired) electrons. The van der Waals surface area contributed by atoms with Crippen LogP contribution in [0.4, 0.5) is 4.39 Å². The highest BCUT2D eigenvalue weighted by molar-refractivity contribution is 6.02. The van der Waals surface area contributed by atoms with Crippen molar-refractivity contribution in [3.8, 4) is 11.5 Å². The second kappa shape index (κ2) is 13.4. The Labute approximate surface area is 240 Å². The number of hydrogen-bond acceptors (Lipinski definition) is 7. The molecule has 7 nitrogen and oxygen atoms in total. The maximum atomic E-state index is 14.9. The lowest BCUT2D eigenvalue weighted by Crippen LogP contribution is -2.55. The number of piperidine rings is 1. The van der Waals surface area contributed by atoms with Crippen LogP contribution in [0.2, 0.25) is 0 Å². The molecule has 0 aromatic heterocycles. The Morgan fingerprint density at radius 2 is 1.41 bits per heavy atom. The number of halogens is 1. The molecule has 1 fully saturated rings. The van der Waals surface area contributed by atoms with Crippen LogP contribution in [0.3, 0.4) is 0 Å². The van der Waals surface area contributed by atoms with Crippen molar-refractivity contribution in [1.29, 1.82) is 0 Å². The molecule has 218 valence electrons. The molecule has 4 rings (SSSR count). The number of aliphatic hydroxyl groups is 1. The van der Waals surface area contributed by atoms with Crippen LogP contribution in [0.5, 0.6) is 11.5 Å². The molecule has 0 spiro atoms. The molecule has 1 heterocycles. The zero-order valence-electron chi connectivity index (χ0n) is 23.8. The summed E-state index contributed by atoms with van der Waals surface area (Å²) in [6, 6.07) is 16.8. The van der Waals surface area contributed by atoms with Crippen molar-refractivity contribution in [2.75, 3.05) is 39.3 Å². The molecule has 4 atom stereocenters. The van der Waals surface area contributed by atoms with Crippen molar-refractivity contribution in [3.63, 3.8) is 0 Å². The summed E-state index contributed by atoms with van der Waals surface area (Å²) in [7, 11) is 0. The van der Waals surface area contributed by atoms with Crippen molar-refractivity contribution in [3.05, 3.63) is 94.8 Å². The number of likely N-dealkylation sites (tertiary alicyclic amines) is 1. The zero-order valence-corrected chi connectivity index (χ0v) is 23.8. The predicted molar refractivity (Wildman–Crippen MR) is 156 cm³/mol. The number of carbonyl (C=O) groups excluding carboxylic acids is 2. The summed E-state index contributed by atoms with van der Waals surface area (Å²) in [5.74, 6) is -3.16. The average molecular weight is 563 g/mol. The monoisotopic (exact) mass is 562 g/mol. The van der Waals surface area contributed by atoms with E-state index in [1.54, 1.807) is 43.3 Å². The largest absolute Gasteiger partial charge is 0.508 e. The molecule has 0 amide bonds. The number of carbonyl (C=O) groups is 2. The number of aromatic hydroxyl groups is 2. The molecule has 0 saturated carbocycles. The first-order chi connectivity index (χ1) is 19.7. The Hall–Kier alpha value is -3.59. The van der Waals surface area contributed by atoms with E-state index >= 15 is 0 Å². The number of aliphatic hydroxyl groups excluding tert-OH is 1. The summed E-state index contributed by atoms with van der Waals surface area (Å²) in [4.78, 5) is 32.6. The van der Waals surface area contributed by atoms with E-state index < -0.39 is 23.6 Å². The predicted octanol–water partition coefficient (Wildman–Crippen LogP) is 4.65. The smallest absolute Gasteiger partial charge is 0.167 e. The number of rotatable bonds is 11. The lowest BCUT2D eigenvalue weighted by Gasteiger charge is -2.45. The summed E-state index contributed by atoms with van der Waals surface area (Å²) in [5.41, 5.74) is 1.58. The van der Waals surface area contributed by atoms with Crippen molar-refractivity contribution in [2.24, 2.45) is 11.8 Å². The number of nitrogens with zero attached hydrogens (tertiary/aromatic N) is 2. The second-order valence-electron chi connectivity index (χ2n) is 10.8. The lowest BCUT2D eigenvalue weighted by atomic mass is 9.67. The van der Waals surface area contributed by atoms with E-state index in [1.807, 2.05) is 18.7 Å². The average Bonchev–Trinajstić information content (AvgIpc) is 2.97. The van der Waals surface area contributed by atoms with Gasteiger partial charge in [-0.15, -0.1) is 0 Å². The maximum Gasteiger partial charge on any atom is 0.167 e. The molecule has 3 aromatic carbocycles. The van der Waals surface area contributed by atoms with Crippen LogP contribution < -0.4 is 0 Å². The summed E-state index contributed by atoms with van der Waals surface area (Å²) >= 11 is 0. The summed E-state index contributed by atoms with van der Waals surface area (Å²) < 4.78 is 14.9. The van der Waals surface area contributed by atoms with Crippen molar-refractivity contribution >= 4 is 11.6 Å². The fourth-order valence-electron chi connectivity index (χ4n) is 6.27. The molecule has 0 aliphatic carbocycles. The van der Waals surface area contributed by atoms with E-state index in [0.29, 0.717) is 28.8 Å². The van der Waals surface area contributed by atoms with Gasteiger partial charge in [0.05, 0.1) is 6.61 Å². The van der Waals surface area contributed by atoms with Gasteiger partial charge in [0.15, 0.2) is 11.6 Å². The van der Waals surface area contributed by atoms with Gasteiger partial charge in [-0.3, -0.25) is 14.5 Å². The first-order valence-electron chi connectivity index (χ1n) is 14.2. The standard InChI is InChI=1S/C33H39FN2O5/c1-4-36(5-2)24(20-37)17-35-18-28(32(40)22-9-6-11-25(38)15-22)31(27-13-8-14-30(34)21(27)3)29(19-35)33(41)23-10-7-12-26(39)16-23/h6-16,24,28-29,31,37-39H,4-5,17-20H2,1-3H3/t24-,28-,29+,31+/m1/s1. The van der Waals surface area contributed by atoms with Gasteiger partial charge in [-0.25, -0.2) is 4.39 Å². The Bertz CT molecular complexity index is 1310. The number of phenols is 2. The third kappa shape index (κ3) is 6.67. The second-order valence-corrected chi connectivity index (χ2v) is 10.8. The van der Waals surface area contributed by atoms with E-state index in [2.05, 4.69) is 4.90 Å². The number of likely N-dealkylation sites (N-methyl/N-ethyl adjacent to an activating group) is 1. The Morgan fingerprint density at radius 3 is 1.88 bits per heavy atom. The Balaban J connectivity index is 1.86. The molecule has 3 aromatic rings. The van der Waals surface area contributed by atoms with Gasteiger partial charge in [0, 0.05) is 54.6 Å². The minimum atomic E-state index is -0.742. The van der Waals surface area contributed by atoms with Gasteiger partial charge >= 0.3 is 0 Å². The highest BCUT2D eigenvalue weighted by atomic mass is 19.1. The number of benzene rings is 3. The normalized spacial score (nSPS) is 20.2. The van der Waals surface area contributed by atoms with Crippen molar-refractivity contribution in [2.45, 2.75) is 32.7 Å². The van der Waals surface area contributed by atoms with E-state index in [-0.39, 0.29) is 48.8 Å². The van der Waals surface area contributed by atoms with Crippen LogP contribution >= 0.6 is 0 Å². The van der Waals surface area contributed by atoms with Gasteiger partial charge in [0.1, 0.15) is 17.3 Å². The van der Waals surface area contributed by atoms with E-state index in [4.69, 9.17) is 0 Å². The molecule has 0 bridgehead atoms. The van der Waals surface area contributed by atoms with Gasteiger partial charge in [0.2, 0.25) is 0 Å². The first kappa shape index (κ1) is 30.4. The quantitative estimate of drug-likeness (QED) is 0.293. The minimum Gasteiger partial charge on any atom is -0.508 e. The maximum absolute atomic E-state index is 14.9. The third-order valence-corrected chi connectivity index (χ3v) is 8.39. The van der Waals surface area contributed by atoms with Crippen molar-refractivity contribution in [1.82, 2.24) is 9.80 Å². The Kier molecular flexibility index (Phi) is 9.91. The number of ketones is 2. The SMILES string of the molecule is CCN(CC)[C@@H](CO)CN1C[C@H](C(=O)c2cccc(O)c2)[C@@H](c2cccc(F)c2C)[C@H](C(=O)c2cccc(O)c2)C1. The minimum absolute atomic E-state index is 0.0451. The highest BCUT2D eigenvalue weighted by Crippen LogP contribution is 2.43. The van der Waals surface area contributed by atoms with Gasteiger partial charge in [-0.2, -0.15) is 0 Å². The number of phenolic OH excluding ortho intramolecular Hbond substituents is 2. The number of hydrogen-bond donors (Lipinski definition) is 3. The fraction of sp³-hybridized carbons (Fsp3) is 0.394. The molecule has 0 unspecified atom stereocenters. The molecule has 8 heteroatoms. The molecule has 1 aliphatic rings. The van der Waals surface area contributed by atoms with Gasteiger partial charge in [-0.05, 0) is 61.5 Å². The number of Topliss-reactive ketones (excluding diaryl/α,β-unsaturated/α-hetero) is 2. The Morgan fingerprint density at radius 1 is 0.902 bits per heavy atom. The van der Waals surface area contributed by atoms with Crippen LogP contribution in [-0.4, -0.2) is 82.1 Å². The molecule has 1 aliphatic heterocycles. The van der Waals surface area contributed by atoms with Gasteiger partial charge < -0.3 is 20.2 Å². The third-order valence-electron chi connectivity index (χ3n) is 8.39. The van der Waals surface area contributed by atoms with Crippen LogP contribution in [0, 0.1) is 24.6 Å². The molecule has 3 N–H and O–H groups in total. The molecular weight excluding hydrogens is 523 g/mol. The topological polar surface area (TPSA) is 101 Å². The van der Waals surface area contributed by atoms with Crippen LogP contribution in [-0.2, 0) is 0 Å². The van der Waals surface area contributed by atoms with E-state index in [1.165, 1.54) is 30.3 Å². The summed E-state index contributed by atoms with van der Waals surface area (Å²) in [6.45, 7) is 8.09. The van der Waals surface area contributed by atoms with Gasteiger partial charge in [-0.1, -0.05) is 50.2 Å². The summed E-state index contributed by atoms with van der Waals surface area (Å²) in [6.07, 6.45) is 0. The molecular formula is C33H39FN2O5. The molecule has 41 heavy (non-hydrogen) atoms. The fourth-order valence-corrected chi connectivity index (χ4v) is 6.27. The lowest BCUT2D eigenvalue weighted by molar-refractivity contribution is 0.0396. The van der Waals surface area contributed by atoms with Crippen LogP contribution in [0.1, 0.15) is 51.6 Å².